The topological polar surface area (TPSA) is 49.9 Å². The Morgan fingerprint density at radius 2 is 1.50 bits per heavy atom. The molecule has 0 unspecified atom stereocenters. The van der Waals surface area contributed by atoms with Crippen molar-refractivity contribution in [3.8, 4) is 5.75 Å². The van der Waals surface area contributed by atoms with Crippen molar-refractivity contribution in [2.45, 2.75) is 40.0 Å². The van der Waals surface area contributed by atoms with E-state index in [0.29, 0.717) is 23.6 Å². The molecule has 4 rings (SSSR count). The second-order valence-electron chi connectivity index (χ2n) is 8.02. The van der Waals surface area contributed by atoms with E-state index >= 15 is 0 Å². The van der Waals surface area contributed by atoms with Crippen LogP contribution in [0.1, 0.15) is 42.9 Å². The normalized spacial score (nSPS) is 17.2. The standard InChI is InChI=1S/C25H28N2O3/c1-4-30-21-10-8-19(9-11-21)22-23(26-12-6-5-7-13-26)25(29)27(24(22)28)20-15-17(2)14-18(3)16-20/h8-11,14-16H,4-7,12-13H2,1-3H3. The van der Waals surface area contributed by atoms with Crippen LogP contribution < -0.4 is 9.64 Å². The second kappa shape index (κ2) is 8.34. The number of ether oxygens (including phenoxy) is 1. The minimum atomic E-state index is -0.255. The first-order valence-electron chi connectivity index (χ1n) is 10.7. The molecule has 2 heterocycles. The molecular weight excluding hydrogens is 376 g/mol. The summed E-state index contributed by atoms with van der Waals surface area (Å²) < 4.78 is 5.54. The van der Waals surface area contributed by atoms with Crippen LogP contribution in [0.5, 0.6) is 5.75 Å². The average molecular weight is 405 g/mol. The number of carbonyl (C=O) groups is 2. The number of hydrogen-bond donors (Lipinski definition) is 0. The first-order chi connectivity index (χ1) is 14.5. The van der Waals surface area contributed by atoms with Crippen LogP contribution in [0, 0.1) is 13.8 Å². The van der Waals surface area contributed by atoms with E-state index in [1.165, 1.54) is 4.90 Å². The van der Waals surface area contributed by atoms with Crippen LogP contribution in [0.4, 0.5) is 5.69 Å². The fourth-order valence-electron chi connectivity index (χ4n) is 4.39. The molecule has 1 fully saturated rings. The summed E-state index contributed by atoms with van der Waals surface area (Å²) in [7, 11) is 0. The van der Waals surface area contributed by atoms with Gasteiger partial charge in [-0.25, -0.2) is 4.90 Å². The Bertz CT molecular complexity index is 981. The quantitative estimate of drug-likeness (QED) is 0.690. The number of aryl methyl sites for hydroxylation is 2. The zero-order chi connectivity index (χ0) is 21.3. The summed E-state index contributed by atoms with van der Waals surface area (Å²) in [5, 5.41) is 0. The molecule has 2 aliphatic heterocycles. The molecule has 0 saturated carbocycles. The van der Waals surface area contributed by atoms with Gasteiger partial charge in [-0.15, -0.1) is 0 Å². The van der Waals surface area contributed by atoms with Crippen molar-refractivity contribution < 1.29 is 14.3 Å². The molecule has 0 radical (unpaired) electrons. The van der Waals surface area contributed by atoms with E-state index in [1.807, 2.05) is 63.2 Å². The molecule has 0 N–H and O–H groups in total. The summed E-state index contributed by atoms with van der Waals surface area (Å²) in [6.07, 6.45) is 3.22. The predicted octanol–water partition coefficient (Wildman–Crippen LogP) is 4.47. The molecule has 5 nitrogen and oxygen atoms in total. The lowest BCUT2D eigenvalue weighted by Crippen LogP contribution is -2.37. The van der Waals surface area contributed by atoms with Crippen LogP contribution in [0.2, 0.25) is 0 Å². The third-order valence-corrected chi connectivity index (χ3v) is 5.65. The number of rotatable bonds is 5. The van der Waals surface area contributed by atoms with Gasteiger partial charge in [-0.3, -0.25) is 9.59 Å². The van der Waals surface area contributed by atoms with Crippen molar-refractivity contribution >= 4 is 23.1 Å². The Morgan fingerprint density at radius 3 is 2.10 bits per heavy atom. The monoisotopic (exact) mass is 404 g/mol. The van der Waals surface area contributed by atoms with Gasteiger partial charge in [0.05, 0.1) is 17.9 Å². The molecule has 0 spiro atoms. The molecule has 30 heavy (non-hydrogen) atoms. The Balaban J connectivity index is 1.80. The number of imide groups is 1. The van der Waals surface area contributed by atoms with Crippen LogP contribution >= 0.6 is 0 Å². The maximum Gasteiger partial charge on any atom is 0.282 e. The molecule has 0 atom stereocenters. The van der Waals surface area contributed by atoms with Crippen molar-refractivity contribution in [3.63, 3.8) is 0 Å². The van der Waals surface area contributed by atoms with E-state index in [4.69, 9.17) is 4.74 Å². The highest BCUT2D eigenvalue weighted by Crippen LogP contribution is 2.36. The third kappa shape index (κ3) is 3.72. The molecule has 0 aliphatic carbocycles. The SMILES string of the molecule is CCOc1ccc(C2=C(N3CCCCC3)C(=O)N(c3cc(C)cc(C)c3)C2=O)cc1. The minimum absolute atomic E-state index is 0.226. The van der Waals surface area contributed by atoms with Crippen LogP contribution in [-0.2, 0) is 9.59 Å². The number of piperidine rings is 1. The molecule has 2 aromatic rings. The van der Waals surface area contributed by atoms with Crippen LogP contribution in [0.15, 0.2) is 48.2 Å². The second-order valence-corrected chi connectivity index (χ2v) is 8.02. The summed E-state index contributed by atoms with van der Waals surface area (Å²) in [6, 6.07) is 13.3. The molecule has 5 heteroatoms. The Hall–Kier alpha value is -3.08. The summed E-state index contributed by atoms with van der Waals surface area (Å²) in [5.74, 6) is 0.273. The first-order valence-corrected chi connectivity index (χ1v) is 10.7. The smallest absolute Gasteiger partial charge is 0.282 e. The largest absolute Gasteiger partial charge is 0.494 e. The molecule has 2 aliphatic rings. The predicted molar refractivity (Wildman–Crippen MR) is 118 cm³/mol. The highest BCUT2D eigenvalue weighted by Gasteiger charge is 2.42. The van der Waals surface area contributed by atoms with Gasteiger partial charge < -0.3 is 9.64 Å². The summed E-state index contributed by atoms with van der Waals surface area (Å²) >= 11 is 0. The zero-order valence-electron chi connectivity index (χ0n) is 17.9. The fourth-order valence-corrected chi connectivity index (χ4v) is 4.39. The fraction of sp³-hybridized carbons (Fsp3) is 0.360. The van der Waals surface area contributed by atoms with Gasteiger partial charge in [0.25, 0.3) is 11.8 Å². The van der Waals surface area contributed by atoms with E-state index in [9.17, 15) is 9.59 Å². The van der Waals surface area contributed by atoms with Crippen molar-refractivity contribution in [1.29, 1.82) is 0 Å². The summed E-state index contributed by atoms with van der Waals surface area (Å²) in [5.41, 5.74) is 4.47. The van der Waals surface area contributed by atoms with Gasteiger partial charge in [-0.1, -0.05) is 18.2 Å². The van der Waals surface area contributed by atoms with Gasteiger partial charge in [-0.05, 0) is 81.0 Å². The highest BCUT2D eigenvalue weighted by atomic mass is 16.5. The number of likely N-dealkylation sites (tertiary alicyclic amines) is 1. The molecule has 2 amide bonds. The lowest BCUT2D eigenvalue weighted by molar-refractivity contribution is -0.120. The van der Waals surface area contributed by atoms with E-state index in [0.717, 1.165) is 54.8 Å². The Morgan fingerprint density at radius 1 is 0.867 bits per heavy atom. The maximum absolute atomic E-state index is 13.6. The van der Waals surface area contributed by atoms with Crippen molar-refractivity contribution in [2.24, 2.45) is 0 Å². The number of hydrogen-bond acceptors (Lipinski definition) is 4. The minimum Gasteiger partial charge on any atom is -0.494 e. The lowest BCUT2D eigenvalue weighted by atomic mass is 10.0. The number of anilines is 1. The molecule has 1 saturated heterocycles. The van der Waals surface area contributed by atoms with Gasteiger partial charge in [0.1, 0.15) is 11.4 Å². The van der Waals surface area contributed by atoms with Crippen LogP contribution in [0.3, 0.4) is 0 Å². The molecule has 2 aromatic carbocycles. The van der Waals surface area contributed by atoms with Crippen molar-refractivity contribution in [3.05, 3.63) is 64.9 Å². The van der Waals surface area contributed by atoms with Gasteiger partial charge in [0, 0.05) is 13.1 Å². The van der Waals surface area contributed by atoms with E-state index in [-0.39, 0.29) is 11.8 Å². The maximum atomic E-state index is 13.6. The van der Waals surface area contributed by atoms with Gasteiger partial charge >= 0.3 is 0 Å². The zero-order valence-corrected chi connectivity index (χ0v) is 17.9. The molecule has 0 aromatic heterocycles. The third-order valence-electron chi connectivity index (χ3n) is 5.65. The van der Waals surface area contributed by atoms with Crippen LogP contribution in [0.25, 0.3) is 5.57 Å². The summed E-state index contributed by atoms with van der Waals surface area (Å²) in [4.78, 5) is 30.6. The summed E-state index contributed by atoms with van der Waals surface area (Å²) in [6.45, 7) is 8.08. The number of amides is 2. The van der Waals surface area contributed by atoms with Gasteiger partial charge in [-0.2, -0.15) is 0 Å². The van der Waals surface area contributed by atoms with E-state index in [1.54, 1.807) is 0 Å². The molecule has 0 bridgehead atoms. The average Bonchev–Trinajstić information content (AvgIpc) is 2.99. The van der Waals surface area contributed by atoms with E-state index in [2.05, 4.69) is 4.90 Å². The van der Waals surface area contributed by atoms with E-state index < -0.39 is 0 Å². The Kier molecular flexibility index (Phi) is 5.62. The van der Waals surface area contributed by atoms with Gasteiger partial charge in [0.15, 0.2) is 0 Å². The number of benzene rings is 2. The number of nitrogens with zero attached hydrogens (tertiary/aromatic N) is 2. The first kappa shape index (κ1) is 20.2. The molecular formula is C25H28N2O3. The lowest BCUT2D eigenvalue weighted by Gasteiger charge is -2.29. The van der Waals surface area contributed by atoms with Crippen LogP contribution in [-0.4, -0.2) is 36.4 Å². The highest BCUT2D eigenvalue weighted by molar-refractivity contribution is 6.45. The van der Waals surface area contributed by atoms with Crippen molar-refractivity contribution in [2.75, 3.05) is 24.6 Å². The number of carbonyl (C=O) groups excluding carboxylic acids is 2. The van der Waals surface area contributed by atoms with Crippen molar-refractivity contribution in [1.82, 2.24) is 4.90 Å². The Labute approximate surface area is 177 Å². The molecule has 156 valence electrons. The van der Waals surface area contributed by atoms with Gasteiger partial charge in [0.2, 0.25) is 0 Å².